The summed E-state index contributed by atoms with van der Waals surface area (Å²) in [7, 11) is 1.82. The minimum Gasteiger partial charge on any atom is -0.328 e. The van der Waals surface area contributed by atoms with Gasteiger partial charge in [0.15, 0.2) is 5.78 Å². The Morgan fingerprint density at radius 2 is 2.10 bits per heavy atom. The van der Waals surface area contributed by atoms with Crippen molar-refractivity contribution in [3.8, 4) is 0 Å². The Morgan fingerprint density at radius 1 is 1.33 bits per heavy atom. The van der Waals surface area contributed by atoms with Crippen LogP contribution in [0.5, 0.6) is 0 Å². The second kappa shape index (κ2) is 7.03. The predicted molar refractivity (Wildman–Crippen MR) is 83.9 cm³/mol. The van der Waals surface area contributed by atoms with E-state index in [1.807, 2.05) is 31.0 Å². The average Bonchev–Trinajstić information content (AvgIpc) is 2.61. The topological polar surface area (TPSA) is 49.4 Å². The minimum absolute atomic E-state index is 0.0891. The molecule has 21 heavy (non-hydrogen) atoms. The Labute approximate surface area is 127 Å². The predicted octanol–water partition coefficient (Wildman–Crippen LogP) is 2.21. The molecule has 3 unspecified atom stereocenters. The van der Waals surface area contributed by atoms with Gasteiger partial charge in [-0.05, 0) is 53.0 Å². The van der Waals surface area contributed by atoms with E-state index in [-0.39, 0.29) is 29.8 Å². The van der Waals surface area contributed by atoms with Gasteiger partial charge >= 0.3 is 0 Å². The molecule has 0 saturated carbocycles. The van der Waals surface area contributed by atoms with E-state index in [2.05, 4.69) is 11.4 Å². The Balaban J connectivity index is 2.33. The summed E-state index contributed by atoms with van der Waals surface area (Å²) >= 11 is 0. The number of nitrogens with one attached hydrogen (secondary N) is 1. The molecule has 4 nitrogen and oxygen atoms in total. The van der Waals surface area contributed by atoms with E-state index in [9.17, 15) is 9.59 Å². The van der Waals surface area contributed by atoms with Crippen molar-refractivity contribution in [2.75, 3.05) is 7.05 Å². The van der Waals surface area contributed by atoms with Crippen LogP contribution < -0.4 is 5.32 Å². The molecule has 116 valence electrons. The van der Waals surface area contributed by atoms with Gasteiger partial charge < -0.3 is 10.2 Å². The van der Waals surface area contributed by atoms with Crippen LogP contribution in [0, 0.1) is 0 Å². The van der Waals surface area contributed by atoms with Crippen LogP contribution in [-0.2, 0) is 9.59 Å². The molecule has 1 amide bonds. The number of piperidine rings is 1. The number of ketones is 1. The summed E-state index contributed by atoms with van der Waals surface area (Å²) in [6.07, 6.45) is 10.6. The lowest BCUT2D eigenvalue weighted by atomic mass is 9.90. The maximum absolute atomic E-state index is 12.8. The fourth-order valence-corrected chi connectivity index (χ4v) is 3.52. The van der Waals surface area contributed by atoms with Crippen molar-refractivity contribution >= 4 is 11.7 Å². The number of likely N-dealkylation sites (N-methyl/N-ethyl adjacent to an activating group) is 1. The van der Waals surface area contributed by atoms with Crippen molar-refractivity contribution in [1.82, 2.24) is 10.2 Å². The summed E-state index contributed by atoms with van der Waals surface area (Å²) in [4.78, 5) is 26.6. The highest BCUT2D eigenvalue weighted by atomic mass is 16.2. The smallest absolute Gasteiger partial charge is 0.240 e. The van der Waals surface area contributed by atoms with E-state index >= 15 is 0 Å². The zero-order valence-electron chi connectivity index (χ0n) is 13.3. The SMILES string of the molecule is C/C=C\C=C1\CC(NC)C(=O)N2C(CCCC2C(C)=O)C1. The second-order valence-corrected chi connectivity index (χ2v) is 6.06. The number of rotatable bonds is 3. The molecule has 0 aromatic heterocycles. The lowest BCUT2D eigenvalue weighted by Crippen LogP contribution is -2.56. The molecule has 0 spiro atoms. The van der Waals surface area contributed by atoms with Crippen molar-refractivity contribution in [3.05, 3.63) is 23.8 Å². The van der Waals surface area contributed by atoms with Crippen molar-refractivity contribution in [1.29, 1.82) is 0 Å². The highest BCUT2D eigenvalue weighted by Gasteiger charge is 2.41. The standard InChI is InChI=1S/C17H26N2O2/c1-4-5-7-13-10-14-8-6-9-16(12(2)20)19(14)17(21)15(11-13)18-3/h4-5,7,14-16,18H,6,8-11H2,1-3H3/b5-4-,13-7+. The first kappa shape index (κ1) is 16.0. The van der Waals surface area contributed by atoms with Gasteiger partial charge in [0.25, 0.3) is 0 Å². The highest BCUT2D eigenvalue weighted by molar-refractivity contribution is 5.90. The highest BCUT2D eigenvalue weighted by Crippen LogP contribution is 2.33. The van der Waals surface area contributed by atoms with Crippen molar-refractivity contribution in [3.63, 3.8) is 0 Å². The molecule has 0 radical (unpaired) electrons. The second-order valence-electron chi connectivity index (χ2n) is 6.06. The summed E-state index contributed by atoms with van der Waals surface area (Å²) in [6, 6.07) is -0.269. The van der Waals surface area contributed by atoms with E-state index in [0.717, 1.165) is 32.1 Å². The maximum atomic E-state index is 12.8. The normalized spacial score (nSPS) is 32.3. The molecule has 0 aromatic rings. The van der Waals surface area contributed by atoms with Crippen molar-refractivity contribution in [2.24, 2.45) is 0 Å². The number of hydrogen-bond acceptors (Lipinski definition) is 3. The van der Waals surface area contributed by atoms with Crippen LogP contribution in [0.15, 0.2) is 23.8 Å². The van der Waals surface area contributed by atoms with Gasteiger partial charge in [0.2, 0.25) is 5.91 Å². The van der Waals surface area contributed by atoms with Gasteiger partial charge in [-0.15, -0.1) is 0 Å². The Morgan fingerprint density at radius 3 is 2.71 bits per heavy atom. The quantitative estimate of drug-likeness (QED) is 0.867. The van der Waals surface area contributed by atoms with E-state index in [1.54, 1.807) is 6.92 Å². The molecule has 2 fully saturated rings. The third kappa shape index (κ3) is 3.43. The molecule has 2 saturated heterocycles. The van der Waals surface area contributed by atoms with Crippen LogP contribution in [0.25, 0.3) is 0 Å². The summed E-state index contributed by atoms with van der Waals surface area (Å²) in [5.41, 5.74) is 1.29. The van der Waals surface area contributed by atoms with Crippen LogP contribution in [-0.4, -0.2) is 41.8 Å². The van der Waals surface area contributed by atoms with Crippen molar-refractivity contribution < 1.29 is 9.59 Å². The summed E-state index contributed by atoms with van der Waals surface area (Å²) in [5, 5.41) is 3.13. The molecule has 2 aliphatic heterocycles. The fourth-order valence-electron chi connectivity index (χ4n) is 3.52. The number of hydrogen-bond donors (Lipinski definition) is 1. The molecule has 2 aliphatic rings. The third-order valence-electron chi connectivity index (χ3n) is 4.60. The fraction of sp³-hybridized carbons (Fsp3) is 0.647. The lowest BCUT2D eigenvalue weighted by Gasteiger charge is -2.41. The molecule has 2 heterocycles. The minimum atomic E-state index is -0.229. The van der Waals surface area contributed by atoms with Gasteiger partial charge in [-0.2, -0.15) is 0 Å². The van der Waals surface area contributed by atoms with Crippen molar-refractivity contribution in [2.45, 2.75) is 64.1 Å². The van der Waals surface area contributed by atoms with Crippen LogP contribution in [0.3, 0.4) is 0 Å². The first-order valence-electron chi connectivity index (χ1n) is 7.89. The van der Waals surface area contributed by atoms with E-state index in [4.69, 9.17) is 0 Å². The maximum Gasteiger partial charge on any atom is 0.240 e. The molecular weight excluding hydrogens is 264 g/mol. The zero-order chi connectivity index (χ0) is 15.4. The third-order valence-corrected chi connectivity index (χ3v) is 4.60. The average molecular weight is 290 g/mol. The first-order chi connectivity index (χ1) is 10.1. The molecule has 4 heteroatoms. The van der Waals surface area contributed by atoms with Crippen LogP contribution in [0.4, 0.5) is 0 Å². The molecule has 1 N–H and O–H groups in total. The Hall–Kier alpha value is -1.42. The van der Waals surface area contributed by atoms with Crippen LogP contribution >= 0.6 is 0 Å². The molecule has 0 aromatic carbocycles. The largest absolute Gasteiger partial charge is 0.328 e. The van der Waals surface area contributed by atoms with Gasteiger partial charge in [0.05, 0.1) is 12.1 Å². The number of nitrogens with zero attached hydrogens (tertiary/aromatic N) is 1. The van der Waals surface area contributed by atoms with Gasteiger partial charge in [0, 0.05) is 6.04 Å². The van der Waals surface area contributed by atoms with Gasteiger partial charge in [-0.3, -0.25) is 9.59 Å². The summed E-state index contributed by atoms with van der Waals surface area (Å²) in [5.74, 6) is 0.204. The van der Waals surface area contributed by atoms with E-state index < -0.39 is 0 Å². The number of Topliss-reactive ketones (excluding diaryl/α,β-unsaturated/α-hetero) is 1. The molecule has 0 aliphatic carbocycles. The Kier molecular flexibility index (Phi) is 5.34. The molecule has 2 rings (SSSR count). The summed E-state index contributed by atoms with van der Waals surface area (Å²) in [6.45, 7) is 3.60. The number of carbonyl (C=O) groups is 2. The van der Waals surface area contributed by atoms with Crippen LogP contribution in [0.2, 0.25) is 0 Å². The summed E-state index contributed by atoms with van der Waals surface area (Å²) < 4.78 is 0. The Bertz CT molecular complexity index is 467. The van der Waals surface area contributed by atoms with E-state index in [1.165, 1.54) is 5.57 Å². The van der Waals surface area contributed by atoms with Gasteiger partial charge in [-0.25, -0.2) is 0 Å². The number of carbonyl (C=O) groups excluding carboxylic acids is 2. The molecule has 0 bridgehead atoms. The molecule has 3 atom stereocenters. The first-order valence-corrected chi connectivity index (χ1v) is 7.89. The molecular formula is C17H26N2O2. The van der Waals surface area contributed by atoms with Gasteiger partial charge in [0.1, 0.15) is 0 Å². The number of amides is 1. The number of allylic oxidation sites excluding steroid dienone is 3. The van der Waals surface area contributed by atoms with Gasteiger partial charge in [-0.1, -0.05) is 23.8 Å². The van der Waals surface area contributed by atoms with E-state index in [0.29, 0.717) is 0 Å². The van der Waals surface area contributed by atoms with Crippen LogP contribution in [0.1, 0.15) is 46.0 Å². The number of fused-ring (bicyclic) bond motifs is 1. The monoisotopic (exact) mass is 290 g/mol. The zero-order valence-corrected chi connectivity index (χ0v) is 13.3. The lowest BCUT2D eigenvalue weighted by molar-refractivity contribution is -0.145.